The van der Waals surface area contributed by atoms with Crippen LogP contribution in [0.2, 0.25) is 0 Å². The first-order chi connectivity index (χ1) is 11.1. The third-order valence-electron chi connectivity index (χ3n) is 4.30. The zero-order chi connectivity index (χ0) is 16.2. The van der Waals surface area contributed by atoms with E-state index in [9.17, 15) is 9.59 Å². The maximum Gasteiger partial charge on any atom is 0.252 e. The van der Waals surface area contributed by atoms with Gasteiger partial charge in [0.1, 0.15) is 6.04 Å². The fraction of sp³-hybridized carbons (Fsp3) is 0.263. The Morgan fingerprint density at radius 1 is 0.957 bits per heavy atom. The molecule has 0 heterocycles. The van der Waals surface area contributed by atoms with Gasteiger partial charge in [0, 0.05) is 5.56 Å². The van der Waals surface area contributed by atoms with Gasteiger partial charge in [-0.1, -0.05) is 36.4 Å². The van der Waals surface area contributed by atoms with Gasteiger partial charge >= 0.3 is 0 Å². The first-order valence-corrected chi connectivity index (χ1v) is 7.92. The Morgan fingerprint density at radius 2 is 1.65 bits per heavy atom. The molecule has 1 atom stereocenters. The summed E-state index contributed by atoms with van der Waals surface area (Å²) in [6.07, 6.45) is 4.45. The number of hydrogen-bond donors (Lipinski definition) is 2. The Morgan fingerprint density at radius 3 is 2.35 bits per heavy atom. The molecule has 0 aliphatic heterocycles. The van der Waals surface area contributed by atoms with Gasteiger partial charge < -0.3 is 11.1 Å². The molecule has 3 N–H and O–H groups in total. The SMILES string of the molecule is NC(=O)[C@H](NC(=O)c1ccc2c(c1)CCCC2)c1ccccc1. The molecule has 0 unspecified atom stereocenters. The van der Waals surface area contributed by atoms with Crippen molar-refractivity contribution in [2.75, 3.05) is 0 Å². The summed E-state index contributed by atoms with van der Waals surface area (Å²) in [5.41, 5.74) is 9.27. The minimum Gasteiger partial charge on any atom is -0.368 e. The van der Waals surface area contributed by atoms with Gasteiger partial charge in [-0.15, -0.1) is 0 Å². The Bertz CT molecular complexity index is 725. The van der Waals surface area contributed by atoms with Gasteiger partial charge in [-0.05, 0) is 54.5 Å². The van der Waals surface area contributed by atoms with Crippen molar-refractivity contribution in [1.29, 1.82) is 0 Å². The molecular formula is C19H20N2O2. The van der Waals surface area contributed by atoms with E-state index in [0.717, 1.165) is 19.3 Å². The summed E-state index contributed by atoms with van der Waals surface area (Å²) < 4.78 is 0. The van der Waals surface area contributed by atoms with Gasteiger partial charge in [0.2, 0.25) is 5.91 Å². The van der Waals surface area contributed by atoms with Crippen LogP contribution in [0.25, 0.3) is 0 Å². The fourth-order valence-corrected chi connectivity index (χ4v) is 3.05. The predicted octanol–water partition coefficient (Wildman–Crippen LogP) is 2.52. The lowest BCUT2D eigenvalue weighted by atomic mass is 9.90. The molecule has 118 valence electrons. The number of carbonyl (C=O) groups excluding carboxylic acids is 2. The van der Waals surface area contributed by atoms with Crippen LogP contribution in [0.4, 0.5) is 0 Å². The van der Waals surface area contributed by atoms with E-state index in [1.165, 1.54) is 17.5 Å². The molecule has 1 aliphatic carbocycles. The number of benzene rings is 2. The molecule has 0 saturated carbocycles. The summed E-state index contributed by atoms with van der Waals surface area (Å²) in [7, 11) is 0. The van der Waals surface area contributed by atoms with Crippen molar-refractivity contribution in [3.05, 3.63) is 70.8 Å². The van der Waals surface area contributed by atoms with Crippen LogP contribution in [-0.2, 0) is 17.6 Å². The van der Waals surface area contributed by atoms with Gasteiger partial charge in [0.05, 0.1) is 0 Å². The molecule has 3 rings (SSSR count). The van der Waals surface area contributed by atoms with E-state index in [1.807, 2.05) is 36.4 Å². The number of nitrogens with one attached hydrogen (secondary N) is 1. The van der Waals surface area contributed by atoms with Crippen molar-refractivity contribution in [1.82, 2.24) is 5.32 Å². The van der Waals surface area contributed by atoms with Crippen LogP contribution in [-0.4, -0.2) is 11.8 Å². The van der Waals surface area contributed by atoms with Crippen molar-refractivity contribution in [3.8, 4) is 0 Å². The third-order valence-corrected chi connectivity index (χ3v) is 4.30. The Hall–Kier alpha value is -2.62. The Labute approximate surface area is 135 Å². The largest absolute Gasteiger partial charge is 0.368 e. The van der Waals surface area contributed by atoms with Crippen molar-refractivity contribution in [2.45, 2.75) is 31.7 Å². The van der Waals surface area contributed by atoms with Crippen molar-refractivity contribution < 1.29 is 9.59 Å². The highest BCUT2D eigenvalue weighted by Crippen LogP contribution is 2.22. The minimum atomic E-state index is -0.820. The van der Waals surface area contributed by atoms with E-state index in [2.05, 4.69) is 5.32 Å². The van der Waals surface area contributed by atoms with E-state index in [-0.39, 0.29) is 5.91 Å². The van der Waals surface area contributed by atoms with Gasteiger partial charge in [0.25, 0.3) is 5.91 Å². The van der Waals surface area contributed by atoms with Crippen LogP contribution in [0, 0.1) is 0 Å². The lowest BCUT2D eigenvalue weighted by Crippen LogP contribution is -2.37. The predicted molar refractivity (Wildman–Crippen MR) is 88.9 cm³/mol. The second-order valence-corrected chi connectivity index (χ2v) is 5.91. The van der Waals surface area contributed by atoms with Gasteiger partial charge in [-0.3, -0.25) is 9.59 Å². The van der Waals surface area contributed by atoms with Crippen molar-refractivity contribution in [3.63, 3.8) is 0 Å². The van der Waals surface area contributed by atoms with Gasteiger partial charge in [-0.2, -0.15) is 0 Å². The first-order valence-electron chi connectivity index (χ1n) is 7.92. The van der Waals surface area contributed by atoms with Gasteiger partial charge in [-0.25, -0.2) is 0 Å². The monoisotopic (exact) mass is 308 g/mol. The highest BCUT2D eigenvalue weighted by Gasteiger charge is 2.21. The Kier molecular flexibility index (Phi) is 4.42. The van der Waals surface area contributed by atoms with Crippen LogP contribution in [0.5, 0.6) is 0 Å². The molecule has 0 fully saturated rings. The average molecular weight is 308 g/mol. The van der Waals surface area contributed by atoms with Crippen LogP contribution in [0.3, 0.4) is 0 Å². The molecular weight excluding hydrogens is 288 g/mol. The summed E-state index contributed by atoms with van der Waals surface area (Å²) >= 11 is 0. The number of carbonyl (C=O) groups is 2. The minimum absolute atomic E-state index is 0.272. The molecule has 0 saturated heterocycles. The molecule has 4 nitrogen and oxygen atoms in total. The summed E-state index contributed by atoms with van der Waals surface area (Å²) in [4.78, 5) is 24.2. The first kappa shape index (κ1) is 15.3. The number of aryl methyl sites for hydroxylation is 2. The molecule has 2 aromatic rings. The molecule has 0 aromatic heterocycles. The van der Waals surface area contributed by atoms with Crippen molar-refractivity contribution >= 4 is 11.8 Å². The summed E-state index contributed by atoms with van der Waals surface area (Å²) in [6, 6.07) is 14.0. The third kappa shape index (κ3) is 3.42. The Balaban J connectivity index is 1.81. The fourth-order valence-electron chi connectivity index (χ4n) is 3.05. The standard InChI is InChI=1S/C19H20N2O2/c20-18(22)17(14-7-2-1-3-8-14)21-19(23)16-11-10-13-6-4-5-9-15(13)12-16/h1-3,7-8,10-12,17H,4-6,9H2,(H2,20,22)(H,21,23)/t17-/m1/s1. The summed E-state index contributed by atoms with van der Waals surface area (Å²) in [5.74, 6) is -0.839. The van der Waals surface area contributed by atoms with Crippen LogP contribution >= 0.6 is 0 Å². The lowest BCUT2D eigenvalue weighted by Gasteiger charge is -2.18. The smallest absolute Gasteiger partial charge is 0.252 e. The van der Waals surface area contributed by atoms with E-state index in [1.54, 1.807) is 12.1 Å². The van der Waals surface area contributed by atoms with Crippen molar-refractivity contribution in [2.24, 2.45) is 5.73 Å². The number of hydrogen-bond acceptors (Lipinski definition) is 2. The maximum absolute atomic E-state index is 12.5. The molecule has 0 radical (unpaired) electrons. The highest BCUT2D eigenvalue weighted by atomic mass is 16.2. The number of primary amides is 1. The van der Waals surface area contributed by atoms with Crippen LogP contribution in [0.1, 0.15) is 45.9 Å². The average Bonchev–Trinajstić information content (AvgIpc) is 2.59. The van der Waals surface area contributed by atoms with E-state index >= 15 is 0 Å². The van der Waals surface area contributed by atoms with E-state index in [0.29, 0.717) is 11.1 Å². The molecule has 0 spiro atoms. The maximum atomic E-state index is 12.5. The molecule has 1 aliphatic rings. The number of fused-ring (bicyclic) bond motifs is 1. The molecule has 23 heavy (non-hydrogen) atoms. The summed E-state index contributed by atoms with van der Waals surface area (Å²) in [6.45, 7) is 0. The molecule has 2 aromatic carbocycles. The summed E-state index contributed by atoms with van der Waals surface area (Å²) in [5, 5.41) is 2.74. The highest BCUT2D eigenvalue weighted by molar-refractivity contribution is 5.97. The second-order valence-electron chi connectivity index (χ2n) is 5.91. The van der Waals surface area contributed by atoms with E-state index in [4.69, 9.17) is 5.73 Å². The van der Waals surface area contributed by atoms with Crippen LogP contribution in [0.15, 0.2) is 48.5 Å². The molecule has 4 heteroatoms. The normalized spacial score (nSPS) is 14.6. The zero-order valence-electron chi connectivity index (χ0n) is 12.9. The number of amides is 2. The molecule has 2 amide bonds. The van der Waals surface area contributed by atoms with Crippen LogP contribution < -0.4 is 11.1 Å². The second kappa shape index (κ2) is 6.65. The zero-order valence-corrected chi connectivity index (χ0v) is 12.9. The number of rotatable bonds is 4. The quantitative estimate of drug-likeness (QED) is 0.911. The van der Waals surface area contributed by atoms with E-state index < -0.39 is 11.9 Å². The van der Waals surface area contributed by atoms with Gasteiger partial charge in [0.15, 0.2) is 0 Å². The lowest BCUT2D eigenvalue weighted by molar-refractivity contribution is -0.120. The topological polar surface area (TPSA) is 72.2 Å². The number of nitrogens with two attached hydrogens (primary N) is 1. The molecule has 0 bridgehead atoms.